The normalized spacial score (nSPS) is 15.2. The number of carbonyl (C=O) groups is 1. The molecule has 2 aromatic heterocycles. The van der Waals surface area contributed by atoms with Crippen molar-refractivity contribution in [3.05, 3.63) is 78.3 Å². The van der Waals surface area contributed by atoms with E-state index in [0.29, 0.717) is 25.2 Å². The molecule has 1 unspecified atom stereocenters. The Morgan fingerprint density at radius 1 is 1.26 bits per heavy atom. The molecule has 0 bridgehead atoms. The summed E-state index contributed by atoms with van der Waals surface area (Å²) in [5, 5.41) is 38.0. The average molecular weight is 465 g/mol. The summed E-state index contributed by atoms with van der Waals surface area (Å²) in [6.07, 6.45) is 7.59. The molecule has 10 heteroatoms. The summed E-state index contributed by atoms with van der Waals surface area (Å²) >= 11 is 0. The lowest BCUT2D eigenvalue weighted by molar-refractivity contribution is 0.0759. The highest BCUT2D eigenvalue weighted by molar-refractivity contribution is 6.10. The Hall–Kier alpha value is -4.05. The molecule has 1 atom stereocenters. The van der Waals surface area contributed by atoms with Gasteiger partial charge < -0.3 is 30.3 Å². The zero-order chi connectivity index (χ0) is 24.5. The molecule has 4 rings (SSSR count). The first kappa shape index (κ1) is 24.6. The first-order chi connectivity index (χ1) is 16.4. The van der Waals surface area contributed by atoms with Crippen molar-refractivity contribution in [3.63, 3.8) is 0 Å². The van der Waals surface area contributed by atoms with Crippen LogP contribution in [0.3, 0.4) is 0 Å². The quantitative estimate of drug-likeness (QED) is 0.395. The second-order valence-corrected chi connectivity index (χ2v) is 7.69. The van der Waals surface area contributed by atoms with Crippen LogP contribution in [0.2, 0.25) is 0 Å². The number of β-amino-alcohol motifs (C(OH)–C–C–N with tert-alkyl or cyclic N) is 1. The number of hydrogen-bond donors (Lipinski definition) is 4. The minimum absolute atomic E-state index is 0.133. The Morgan fingerprint density at radius 3 is 2.62 bits per heavy atom. The molecule has 1 fully saturated rings. The number of aliphatic hydroxyl groups is 1. The van der Waals surface area contributed by atoms with Gasteiger partial charge in [0.05, 0.1) is 30.6 Å². The number of rotatable bonds is 7. The van der Waals surface area contributed by atoms with Crippen molar-refractivity contribution in [1.82, 2.24) is 19.7 Å². The SMILES string of the molecule is CCn1cc(O)cn1.N=C(/C=C\C(=N)c1ccccc1)Cc1nc(C(=O)N2CCC(O)C2)co1. The lowest BCUT2D eigenvalue weighted by Crippen LogP contribution is -2.29. The summed E-state index contributed by atoms with van der Waals surface area (Å²) in [6.45, 7) is 3.58. The van der Waals surface area contributed by atoms with Crippen LogP contribution in [0, 0.1) is 10.8 Å². The van der Waals surface area contributed by atoms with Gasteiger partial charge in [-0.1, -0.05) is 30.3 Å². The van der Waals surface area contributed by atoms with Crippen LogP contribution in [0.4, 0.5) is 0 Å². The second kappa shape index (κ2) is 11.7. The minimum atomic E-state index is -0.483. The number of carbonyl (C=O) groups excluding carboxylic acids is 1. The molecular formula is C24H28N6O4. The molecule has 1 aromatic carbocycles. The van der Waals surface area contributed by atoms with Gasteiger partial charge >= 0.3 is 0 Å². The Bertz CT molecular complexity index is 1150. The van der Waals surface area contributed by atoms with Gasteiger partial charge in [-0.05, 0) is 31.1 Å². The number of likely N-dealkylation sites (tertiary alicyclic amines) is 1. The number of benzene rings is 1. The molecule has 1 saturated heterocycles. The van der Waals surface area contributed by atoms with E-state index >= 15 is 0 Å². The number of oxazole rings is 1. The molecule has 34 heavy (non-hydrogen) atoms. The molecule has 3 heterocycles. The number of hydrogen-bond acceptors (Lipinski definition) is 8. The van der Waals surface area contributed by atoms with Crippen LogP contribution in [-0.4, -0.2) is 66.4 Å². The largest absolute Gasteiger partial charge is 0.505 e. The molecule has 10 nitrogen and oxygen atoms in total. The zero-order valence-electron chi connectivity index (χ0n) is 18.9. The van der Waals surface area contributed by atoms with Gasteiger partial charge in [0, 0.05) is 25.3 Å². The maximum absolute atomic E-state index is 12.3. The topological polar surface area (TPSA) is 152 Å². The van der Waals surface area contributed by atoms with Crippen molar-refractivity contribution in [2.24, 2.45) is 0 Å². The highest BCUT2D eigenvalue weighted by atomic mass is 16.3. The summed E-state index contributed by atoms with van der Waals surface area (Å²) in [5.74, 6) is 0.227. The maximum Gasteiger partial charge on any atom is 0.275 e. The van der Waals surface area contributed by atoms with E-state index in [1.807, 2.05) is 37.3 Å². The Labute approximate surface area is 197 Å². The fourth-order valence-electron chi connectivity index (χ4n) is 3.22. The van der Waals surface area contributed by atoms with Gasteiger partial charge in [0.1, 0.15) is 6.26 Å². The number of nitrogens with one attached hydrogen (secondary N) is 2. The molecule has 1 amide bonds. The smallest absolute Gasteiger partial charge is 0.275 e. The van der Waals surface area contributed by atoms with E-state index in [9.17, 15) is 9.90 Å². The highest BCUT2D eigenvalue weighted by Crippen LogP contribution is 2.14. The van der Waals surface area contributed by atoms with E-state index in [-0.39, 0.29) is 35.4 Å². The lowest BCUT2D eigenvalue weighted by Gasteiger charge is -2.12. The van der Waals surface area contributed by atoms with E-state index in [1.54, 1.807) is 21.9 Å². The third-order valence-electron chi connectivity index (χ3n) is 5.04. The molecule has 1 aliphatic heterocycles. The van der Waals surface area contributed by atoms with Crippen LogP contribution in [0.1, 0.15) is 35.3 Å². The summed E-state index contributed by atoms with van der Waals surface area (Å²) in [7, 11) is 0. The predicted molar refractivity (Wildman–Crippen MR) is 126 cm³/mol. The number of aromatic hydroxyl groups is 1. The lowest BCUT2D eigenvalue weighted by atomic mass is 10.1. The zero-order valence-corrected chi connectivity index (χ0v) is 18.9. The Morgan fingerprint density at radius 2 is 2.03 bits per heavy atom. The van der Waals surface area contributed by atoms with E-state index in [4.69, 9.17) is 20.3 Å². The number of amides is 1. The number of aryl methyl sites for hydroxylation is 1. The van der Waals surface area contributed by atoms with Gasteiger partial charge in [-0.2, -0.15) is 5.10 Å². The van der Waals surface area contributed by atoms with Crippen molar-refractivity contribution < 1.29 is 19.4 Å². The van der Waals surface area contributed by atoms with Crippen LogP contribution in [0.25, 0.3) is 0 Å². The van der Waals surface area contributed by atoms with Gasteiger partial charge in [0.15, 0.2) is 11.4 Å². The predicted octanol–water partition coefficient (Wildman–Crippen LogP) is 2.68. The molecule has 178 valence electrons. The third-order valence-corrected chi connectivity index (χ3v) is 5.04. The van der Waals surface area contributed by atoms with E-state index < -0.39 is 6.10 Å². The van der Waals surface area contributed by atoms with E-state index in [1.165, 1.54) is 18.5 Å². The van der Waals surface area contributed by atoms with Gasteiger partial charge in [-0.25, -0.2) is 4.98 Å². The molecule has 3 aromatic rings. The second-order valence-electron chi connectivity index (χ2n) is 7.69. The van der Waals surface area contributed by atoms with Crippen molar-refractivity contribution in [1.29, 1.82) is 10.8 Å². The minimum Gasteiger partial charge on any atom is -0.505 e. The molecule has 0 saturated carbocycles. The maximum atomic E-state index is 12.3. The fourth-order valence-corrected chi connectivity index (χ4v) is 3.22. The molecule has 1 aliphatic rings. The van der Waals surface area contributed by atoms with Gasteiger partial charge in [0.25, 0.3) is 5.91 Å². The van der Waals surface area contributed by atoms with E-state index in [2.05, 4.69) is 10.1 Å². The summed E-state index contributed by atoms with van der Waals surface area (Å²) < 4.78 is 6.95. The summed E-state index contributed by atoms with van der Waals surface area (Å²) in [4.78, 5) is 17.9. The summed E-state index contributed by atoms with van der Waals surface area (Å²) in [5.41, 5.74) is 1.49. The van der Waals surface area contributed by atoms with Crippen molar-refractivity contribution in [2.75, 3.05) is 13.1 Å². The van der Waals surface area contributed by atoms with Crippen LogP contribution < -0.4 is 0 Å². The number of aliphatic hydroxyl groups excluding tert-OH is 1. The standard InChI is InChI=1S/C19H20N4O3.C5H8N2O/c20-14(6-7-16(21)13-4-2-1-3-5-13)10-18-22-17(12-26-18)19(25)23-9-8-15(24)11-23;1-2-7-4-5(8)3-6-7/h1-7,12,15,20-21,24H,8-11H2;3-4,8H,2H2,1H3/b7-6-,20-14?,21-16?;. The molecule has 0 radical (unpaired) electrons. The van der Waals surface area contributed by atoms with Crippen molar-refractivity contribution >= 4 is 17.3 Å². The monoisotopic (exact) mass is 464 g/mol. The van der Waals surface area contributed by atoms with Crippen LogP contribution >= 0.6 is 0 Å². The van der Waals surface area contributed by atoms with Crippen molar-refractivity contribution in [3.8, 4) is 5.75 Å². The molecule has 4 N–H and O–H groups in total. The average Bonchev–Trinajstić information content (AvgIpc) is 3.59. The number of aromatic nitrogens is 3. The summed E-state index contributed by atoms with van der Waals surface area (Å²) in [6, 6.07) is 9.25. The van der Waals surface area contributed by atoms with E-state index in [0.717, 1.165) is 12.1 Å². The van der Waals surface area contributed by atoms with Crippen LogP contribution in [0.5, 0.6) is 5.75 Å². The first-order valence-corrected chi connectivity index (χ1v) is 10.9. The molecule has 0 aliphatic carbocycles. The van der Waals surface area contributed by atoms with Crippen LogP contribution in [-0.2, 0) is 13.0 Å². The third kappa shape index (κ3) is 6.97. The molecular weight excluding hydrogens is 436 g/mol. The van der Waals surface area contributed by atoms with Gasteiger partial charge in [-0.15, -0.1) is 0 Å². The van der Waals surface area contributed by atoms with Crippen LogP contribution in [0.15, 0.2) is 65.6 Å². The van der Waals surface area contributed by atoms with Gasteiger partial charge in [0.2, 0.25) is 5.89 Å². The Balaban J connectivity index is 0.000000343. The van der Waals surface area contributed by atoms with Crippen molar-refractivity contribution in [2.45, 2.75) is 32.4 Å². The highest BCUT2D eigenvalue weighted by Gasteiger charge is 2.27. The fraction of sp³-hybridized carbons (Fsp3) is 0.292. The number of nitrogens with zero attached hydrogens (tertiary/aromatic N) is 4. The number of allylic oxidation sites excluding steroid dienone is 2. The van der Waals surface area contributed by atoms with Gasteiger partial charge in [-0.3, -0.25) is 9.48 Å². The molecule has 0 spiro atoms. The Kier molecular flexibility index (Phi) is 8.47. The first-order valence-electron chi connectivity index (χ1n) is 10.9.